The molecular formula is C20H34N6O. The lowest BCUT2D eigenvalue weighted by molar-refractivity contribution is 0.0921. The van der Waals surface area contributed by atoms with Gasteiger partial charge in [-0.25, -0.2) is 4.68 Å². The highest BCUT2D eigenvalue weighted by Crippen LogP contribution is 2.20. The molecular weight excluding hydrogens is 340 g/mol. The second-order valence-electron chi connectivity index (χ2n) is 7.50. The van der Waals surface area contributed by atoms with E-state index in [2.05, 4.69) is 52.9 Å². The smallest absolute Gasteiger partial charge is 0.273 e. The summed E-state index contributed by atoms with van der Waals surface area (Å²) in [6.07, 6.45) is 5.79. The molecule has 7 heteroatoms. The van der Waals surface area contributed by atoms with E-state index in [4.69, 9.17) is 0 Å². The van der Waals surface area contributed by atoms with Crippen LogP contribution in [0.3, 0.4) is 0 Å². The molecule has 2 heterocycles. The average Bonchev–Trinajstić information content (AvgIpc) is 3.04. The molecule has 1 aliphatic rings. The van der Waals surface area contributed by atoms with Gasteiger partial charge in [-0.1, -0.05) is 31.2 Å². The minimum atomic E-state index is -0.157. The molecule has 1 aliphatic heterocycles. The van der Waals surface area contributed by atoms with Crippen LogP contribution in [-0.2, 0) is 0 Å². The van der Waals surface area contributed by atoms with Crippen LogP contribution >= 0.6 is 0 Å². The summed E-state index contributed by atoms with van der Waals surface area (Å²) in [6.45, 7) is 18.0. The number of carbonyl (C=O) groups is 1. The fraction of sp³-hybridized carbons (Fsp3) is 0.650. The van der Waals surface area contributed by atoms with Crippen LogP contribution in [0.1, 0.15) is 48.9 Å². The molecule has 0 saturated carbocycles. The minimum absolute atomic E-state index is 0.157. The summed E-state index contributed by atoms with van der Waals surface area (Å²) in [6, 6.07) is 0.518. The highest BCUT2D eigenvalue weighted by Gasteiger charge is 2.25. The van der Waals surface area contributed by atoms with Gasteiger partial charge in [0, 0.05) is 25.7 Å². The van der Waals surface area contributed by atoms with E-state index in [1.807, 2.05) is 23.8 Å². The summed E-state index contributed by atoms with van der Waals surface area (Å²) < 4.78 is 1.91. The highest BCUT2D eigenvalue weighted by atomic mass is 16.2. The van der Waals surface area contributed by atoms with E-state index in [0.717, 1.165) is 44.7 Å². The Hall–Kier alpha value is -1.99. The van der Waals surface area contributed by atoms with E-state index in [0.29, 0.717) is 24.2 Å². The Balaban J connectivity index is 2.03. The molecule has 1 amide bonds. The summed E-state index contributed by atoms with van der Waals surface area (Å²) in [5, 5.41) is 14.8. The summed E-state index contributed by atoms with van der Waals surface area (Å²) in [4.78, 5) is 15.0. The molecule has 150 valence electrons. The highest BCUT2D eigenvalue weighted by molar-refractivity contribution is 5.93. The molecule has 0 spiro atoms. The normalized spacial score (nSPS) is 16.5. The SMILES string of the molecule is C=CCN(CC=C)C(CNC(=O)c1nnn(C2CCNCC2)c1C)C(C)C. The van der Waals surface area contributed by atoms with Crippen LogP contribution in [0.15, 0.2) is 25.3 Å². The first-order valence-electron chi connectivity index (χ1n) is 9.86. The van der Waals surface area contributed by atoms with Crippen molar-refractivity contribution in [3.63, 3.8) is 0 Å². The third-order valence-corrected chi connectivity index (χ3v) is 5.23. The van der Waals surface area contributed by atoms with E-state index >= 15 is 0 Å². The number of nitrogens with zero attached hydrogens (tertiary/aromatic N) is 4. The van der Waals surface area contributed by atoms with Crippen LogP contribution in [0.2, 0.25) is 0 Å². The minimum Gasteiger partial charge on any atom is -0.349 e. The molecule has 1 saturated heterocycles. The van der Waals surface area contributed by atoms with Gasteiger partial charge in [0.05, 0.1) is 11.7 Å². The lowest BCUT2D eigenvalue weighted by Crippen LogP contribution is -2.47. The molecule has 0 aliphatic carbocycles. The molecule has 1 fully saturated rings. The first-order valence-corrected chi connectivity index (χ1v) is 9.86. The van der Waals surface area contributed by atoms with E-state index in [1.165, 1.54) is 0 Å². The van der Waals surface area contributed by atoms with Crippen molar-refractivity contribution in [2.45, 2.75) is 45.7 Å². The maximum atomic E-state index is 12.7. The molecule has 2 N–H and O–H groups in total. The molecule has 0 bridgehead atoms. The molecule has 7 nitrogen and oxygen atoms in total. The summed E-state index contributed by atoms with van der Waals surface area (Å²) >= 11 is 0. The van der Waals surface area contributed by atoms with Gasteiger partial charge in [-0.15, -0.1) is 18.3 Å². The van der Waals surface area contributed by atoms with Crippen LogP contribution < -0.4 is 10.6 Å². The van der Waals surface area contributed by atoms with Crippen molar-refractivity contribution in [3.05, 3.63) is 36.7 Å². The number of aromatic nitrogens is 3. The number of hydrogen-bond acceptors (Lipinski definition) is 5. The van der Waals surface area contributed by atoms with Crippen molar-refractivity contribution in [1.29, 1.82) is 0 Å². The zero-order valence-electron chi connectivity index (χ0n) is 16.9. The molecule has 1 unspecified atom stereocenters. The fourth-order valence-electron chi connectivity index (χ4n) is 3.69. The second kappa shape index (κ2) is 10.4. The Kier molecular flexibility index (Phi) is 8.19. The molecule has 0 radical (unpaired) electrons. The molecule has 1 atom stereocenters. The molecule has 1 aromatic heterocycles. The van der Waals surface area contributed by atoms with Crippen molar-refractivity contribution in [2.24, 2.45) is 5.92 Å². The first-order chi connectivity index (χ1) is 13.0. The van der Waals surface area contributed by atoms with E-state index < -0.39 is 0 Å². The zero-order valence-corrected chi connectivity index (χ0v) is 16.9. The lowest BCUT2D eigenvalue weighted by atomic mass is 10.0. The second-order valence-corrected chi connectivity index (χ2v) is 7.50. The van der Waals surface area contributed by atoms with Crippen molar-refractivity contribution in [2.75, 3.05) is 32.7 Å². The van der Waals surface area contributed by atoms with Gasteiger partial charge in [0.15, 0.2) is 5.69 Å². The topological polar surface area (TPSA) is 75.1 Å². The maximum absolute atomic E-state index is 12.7. The zero-order chi connectivity index (χ0) is 19.8. The maximum Gasteiger partial charge on any atom is 0.273 e. The van der Waals surface area contributed by atoms with Crippen molar-refractivity contribution >= 4 is 5.91 Å². The number of carbonyl (C=O) groups excluding carboxylic acids is 1. The van der Waals surface area contributed by atoms with Crippen LogP contribution in [0.4, 0.5) is 0 Å². The summed E-state index contributed by atoms with van der Waals surface area (Å²) in [5.74, 6) is 0.229. The van der Waals surface area contributed by atoms with Crippen molar-refractivity contribution in [1.82, 2.24) is 30.5 Å². The van der Waals surface area contributed by atoms with Crippen LogP contribution in [0.25, 0.3) is 0 Å². The number of nitrogens with one attached hydrogen (secondary N) is 2. The van der Waals surface area contributed by atoms with E-state index in [1.54, 1.807) is 0 Å². The van der Waals surface area contributed by atoms with Crippen LogP contribution in [-0.4, -0.2) is 64.6 Å². The quantitative estimate of drug-likeness (QED) is 0.612. The number of hydrogen-bond donors (Lipinski definition) is 2. The monoisotopic (exact) mass is 374 g/mol. The number of piperidine rings is 1. The van der Waals surface area contributed by atoms with Crippen LogP contribution in [0.5, 0.6) is 0 Å². The largest absolute Gasteiger partial charge is 0.349 e. The molecule has 2 rings (SSSR count). The van der Waals surface area contributed by atoms with Gasteiger partial charge in [-0.2, -0.15) is 0 Å². The molecule has 1 aromatic rings. The number of amides is 1. The van der Waals surface area contributed by atoms with Crippen molar-refractivity contribution < 1.29 is 4.79 Å². The fourth-order valence-corrected chi connectivity index (χ4v) is 3.69. The lowest BCUT2D eigenvalue weighted by Gasteiger charge is -2.33. The standard InChI is InChI=1S/C20H34N6O/c1-6-12-25(13-7-2)18(15(3)4)14-22-20(27)19-16(5)26(24-23-19)17-8-10-21-11-9-17/h6-7,15,17-18,21H,1-2,8-14H2,3-5H3,(H,22,27). The van der Waals surface area contributed by atoms with Gasteiger partial charge in [-0.3, -0.25) is 9.69 Å². The predicted octanol–water partition coefficient (Wildman–Crippen LogP) is 1.94. The average molecular weight is 375 g/mol. The Bertz CT molecular complexity index is 622. The van der Waals surface area contributed by atoms with Gasteiger partial charge in [-0.05, 0) is 38.8 Å². The van der Waals surface area contributed by atoms with Gasteiger partial charge < -0.3 is 10.6 Å². The van der Waals surface area contributed by atoms with E-state index in [9.17, 15) is 4.79 Å². The summed E-state index contributed by atoms with van der Waals surface area (Å²) in [5.41, 5.74) is 1.27. The molecule has 27 heavy (non-hydrogen) atoms. The summed E-state index contributed by atoms with van der Waals surface area (Å²) in [7, 11) is 0. The third-order valence-electron chi connectivity index (χ3n) is 5.23. The predicted molar refractivity (Wildman–Crippen MR) is 109 cm³/mol. The Labute approximate surface area is 162 Å². The van der Waals surface area contributed by atoms with Gasteiger partial charge in [0.25, 0.3) is 5.91 Å². The van der Waals surface area contributed by atoms with Crippen molar-refractivity contribution in [3.8, 4) is 0 Å². The van der Waals surface area contributed by atoms with Gasteiger partial charge in [0.1, 0.15) is 0 Å². The Morgan fingerprint density at radius 3 is 2.52 bits per heavy atom. The third kappa shape index (κ3) is 5.49. The van der Waals surface area contributed by atoms with Gasteiger partial charge in [0.2, 0.25) is 0 Å². The Morgan fingerprint density at radius 1 is 1.33 bits per heavy atom. The first kappa shape index (κ1) is 21.3. The Morgan fingerprint density at radius 2 is 1.96 bits per heavy atom. The number of rotatable bonds is 10. The molecule has 0 aromatic carbocycles. The van der Waals surface area contributed by atoms with Gasteiger partial charge >= 0.3 is 0 Å². The van der Waals surface area contributed by atoms with Crippen LogP contribution in [0, 0.1) is 12.8 Å². The van der Waals surface area contributed by atoms with E-state index in [-0.39, 0.29) is 11.9 Å².